The number of hydrogen-bond donors (Lipinski definition) is 1. The summed E-state index contributed by atoms with van der Waals surface area (Å²) in [4.78, 5) is 8.18. The van der Waals surface area contributed by atoms with Crippen LogP contribution in [0.15, 0.2) is 36.7 Å². The molecular formula is C12H12FN3. The molecule has 2 aromatic rings. The standard InChI is InChI=1S/C12H12FN3/c1-8(9-2-4-10(13)5-3-9)11-12(14)16-7-6-15-11/h2-8H,1H3,(H2,14,16). The number of nitrogen functional groups attached to an aromatic ring is 1. The highest BCUT2D eigenvalue weighted by atomic mass is 19.1. The quantitative estimate of drug-likeness (QED) is 0.840. The molecule has 0 bridgehead atoms. The highest BCUT2D eigenvalue weighted by molar-refractivity contribution is 5.40. The fraction of sp³-hybridized carbons (Fsp3) is 0.167. The van der Waals surface area contributed by atoms with E-state index in [2.05, 4.69) is 9.97 Å². The van der Waals surface area contributed by atoms with Gasteiger partial charge in [-0.05, 0) is 17.7 Å². The van der Waals surface area contributed by atoms with Crippen molar-refractivity contribution in [1.29, 1.82) is 0 Å². The molecule has 1 unspecified atom stereocenters. The third-order valence-electron chi connectivity index (χ3n) is 2.54. The van der Waals surface area contributed by atoms with E-state index in [4.69, 9.17) is 5.73 Å². The minimum absolute atomic E-state index is 0.00861. The van der Waals surface area contributed by atoms with Crippen molar-refractivity contribution in [2.24, 2.45) is 0 Å². The van der Waals surface area contributed by atoms with Gasteiger partial charge in [0.1, 0.15) is 11.6 Å². The predicted octanol–water partition coefficient (Wildman–Crippen LogP) is 2.35. The highest BCUT2D eigenvalue weighted by Gasteiger charge is 2.13. The topological polar surface area (TPSA) is 51.8 Å². The molecule has 16 heavy (non-hydrogen) atoms. The first-order valence-corrected chi connectivity index (χ1v) is 5.00. The van der Waals surface area contributed by atoms with Gasteiger partial charge in [0, 0.05) is 18.3 Å². The van der Waals surface area contributed by atoms with Crippen LogP contribution in [0.5, 0.6) is 0 Å². The molecule has 0 saturated carbocycles. The van der Waals surface area contributed by atoms with Crippen molar-refractivity contribution in [3.8, 4) is 0 Å². The van der Waals surface area contributed by atoms with Gasteiger partial charge in [0.15, 0.2) is 0 Å². The lowest BCUT2D eigenvalue weighted by molar-refractivity contribution is 0.626. The van der Waals surface area contributed by atoms with Crippen molar-refractivity contribution in [2.75, 3.05) is 5.73 Å². The fourth-order valence-corrected chi connectivity index (χ4v) is 1.60. The monoisotopic (exact) mass is 217 g/mol. The van der Waals surface area contributed by atoms with E-state index in [-0.39, 0.29) is 11.7 Å². The van der Waals surface area contributed by atoms with Gasteiger partial charge < -0.3 is 5.73 Å². The van der Waals surface area contributed by atoms with Gasteiger partial charge in [0.2, 0.25) is 0 Å². The van der Waals surface area contributed by atoms with Crippen LogP contribution < -0.4 is 5.73 Å². The lowest BCUT2D eigenvalue weighted by Crippen LogP contribution is -2.05. The van der Waals surface area contributed by atoms with E-state index in [1.165, 1.54) is 12.1 Å². The zero-order valence-corrected chi connectivity index (χ0v) is 8.89. The lowest BCUT2D eigenvalue weighted by atomic mass is 9.97. The second-order valence-corrected chi connectivity index (χ2v) is 3.60. The van der Waals surface area contributed by atoms with Crippen molar-refractivity contribution < 1.29 is 4.39 Å². The van der Waals surface area contributed by atoms with E-state index in [1.54, 1.807) is 24.5 Å². The van der Waals surface area contributed by atoms with Gasteiger partial charge in [-0.2, -0.15) is 0 Å². The number of nitrogens with two attached hydrogens (primary N) is 1. The molecule has 0 spiro atoms. The molecule has 4 heteroatoms. The zero-order valence-electron chi connectivity index (χ0n) is 8.89. The van der Waals surface area contributed by atoms with Crippen molar-refractivity contribution in [2.45, 2.75) is 12.8 Å². The second-order valence-electron chi connectivity index (χ2n) is 3.60. The molecule has 0 aliphatic heterocycles. The number of benzene rings is 1. The minimum atomic E-state index is -0.247. The van der Waals surface area contributed by atoms with Crippen molar-refractivity contribution in [3.05, 3.63) is 53.7 Å². The minimum Gasteiger partial charge on any atom is -0.382 e. The molecule has 0 fully saturated rings. The zero-order chi connectivity index (χ0) is 11.5. The summed E-state index contributed by atoms with van der Waals surface area (Å²) in [6.07, 6.45) is 3.15. The number of rotatable bonds is 2. The Morgan fingerprint density at radius 1 is 1.12 bits per heavy atom. The molecule has 0 radical (unpaired) electrons. The Hall–Kier alpha value is -1.97. The molecule has 1 heterocycles. The first-order chi connectivity index (χ1) is 7.68. The molecular weight excluding hydrogens is 205 g/mol. The Kier molecular flexibility index (Phi) is 2.81. The summed E-state index contributed by atoms with van der Waals surface area (Å²) in [6.45, 7) is 1.97. The molecule has 1 aromatic carbocycles. The summed E-state index contributed by atoms with van der Waals surface area (Å²) >= 11 is 0. The normalized spacial score (nSPS) is 12.4. The first kappa shape index (κ1) is 10.5. The van der Waals surface area contributed by atoms with Gasteiger partial charge >= 0.3 is 0 Å². The van der Waals surface area contributed by atoms with Crippen LogP contribution in [0.2, 0.25) is 0 Å². The lowest BCUT2D eigenvalue weighted by Gasteiger charge is -2.12. The predicted molar refractivity (Wildman–Crippen MR) is 60.4 cm³/mol. The van der Waals surface area contributed by atoms with Gasteiger partial charge in [0.25, 0.3) is 0 Å². The molecule has 2 rings (SSSR count). The number of aromatic nitrogens is 2. The van der Waals surface area contributed by atoms with Crippen LogP contribution in [0.3, 0.4) is 0 Å². The fourth-order valence-electron chi connectivity index (χ4n) is 1.60. The molecule has 0 saturated heterocycles. The molecule has 1 aromatic heterocycles. The van der Waals surface area contributed by atoms with Crippen molar-refractivity contribution in [1.82, 2.24) is 9.97 Å². The van der Waals surface area contributed by atoms with Crippen LogP contribution in [0.1, 0.15) is 24.1 Å². The molecule has 1 atom stereocenters. The molecule has 2 N–H and O–H groups in total. The maximum absolute atomic E-state index is 12.8. The SMILES string of the molecule is CC(c1ccc(F)cc1)c1nccnc1N. The molecule has 3 nitrogen and oxygen atoms in total. The Labute approximate surface area is 93.2 Å². The average molecular weight is 217 g/mol. The van der Waals surface area contributed by atoms with Crippen LogP contribution in [0.25, 0.3) is 0 Å². The van der Waals surface area contributed by atoms with Gasteiger partial charge in [-0.1, -0.05) is 19.1 Å². The molecule has 0 aliphatic rings. The summed E-state index contributed by atoms with van der Waals surface area (Å²) in [5.41, 5.74) is 7.42. The van der Waals surface area contributed by atoms with Crippen LogP contribution >= 0.6 is 0 Å². The molecule has 0 aliphatic carbocycles. The Bertz CT molecular complexity index is 482. The van der Waals surface area contributed by atoms with Gasteiger partial charge in [0.05, 0.1) is 5.69 Å². The van der Waals surface area contributed by atoms with Crippen LogP contribution in [0, 0.1) is 5.82 Å². The summed E-state index contributed by atoms with van der Waals surface area (Å²) in [7, 11) is 0. The van der Waals surface area contributed by atoms with Crippen LogP contribution in [-0.2, 0) is 0 Å². The van der Waals surface area contributed by atoms with Crippen molar-refractivity contribution in [3.63, 3.8) is 0 Å². The summed E-state index contributed by atoms with van der Waals surface area (Å²) in [6, 6.07) is 6.32. The van der Waals surface area contributed by atoms with E-state index in [0.717, 1.165) is 5.56 Å². The third-order valence-corrected chi connectivity index (χ3v) is 2.54. The second kappa shape index (κ2) is 4.26. The van der Waals surface area contributed by atoms with Crippen LogP contribution in [0.4, 0.5) is 10.2 Å². The highest BCUT2D eigenvalue weighted by Crippen LogP contribution is 2.25. The smallest absolute Gasteiger partial charge is 0.145 e. The average Bonchev–Trinajstić information content (AvgIpc) is 2.30. The van der Waals surface area contributed by atoms with E-state index < -0.39 is 0 Å². The largest absolute Gasteiger partial charge is 0.382 e. The van der Waals surface area contributed by atoms with E-state index in [0.29, 0.717) is 11.5 Å². The van der Waals surface area contributed by atoms with E-state index in [1.807, 2.05) is 6.92 Å². The van der Waals surface area contributed by atoms with Gasteiger partial charge in [-0.25, -0.2) is 9.37 Å². The van der Waals surface area contributed by atoms with Crippen molar-refractivity contribution >= 4 is 5.82 Å². The Morgan fingerprint density at radius 2 is 1.75 bits per heavy atom. The number of halogens is 1. The molecule has 82 valence electrons. The maximum Gasteiger partial charge on any atom is 0.145 e. The Morgan fingerprint density at radius 3 is 2.38 bits per heavy atom. The van der Waals surface area contributed by atoms with E-state index in [9.17, 15) is 4.39 Å². The number of nitrogens with zero attached hydrogens (tertiary/aromatic N) is 2. The Balaban J connectivity index is 2.35. The summed E-state index contributed by atoms with van der Waals surface area (Å²) in [5.74, 6) is 0.177. The van der Waals surface area contributed by atoms with E-state index >= 15 is 0 Å². The number of anilines is 1. The third kappa shape index (κ3) is 2.00. The first-order valence-electron chi connectivity index (χ1n) is 5.00. The van der Waals surface area contributed by atoms with Gasteiger partial charge in [-0.15, -0.1) is 0 Å². The summed E-state index contributed by atoms with van der Waals surface area (Å²) < 4.78 is 12.8. The van der Waals surface area contributed by atoms with Gasteiger partial charge in [-0.3, -0.25) is 4.98 Å². The van der Waals surface area contributed by atoms with Crippen LogP contribution in [-0.4, -0.2) is 9.97 Å². The molecule has 0 amide bonds. The maximum atomic E-state index is 12.8. The number of hydrogen-bond acceptors (Lipinski definition) is 3. The summed E-state index contributed by atoms with van der Waals surface area (Å²) in [5, 5.41) is 0.